The number of ether oxygens (including phenoxy) is 2. The highest BCUT2D eigenvalue weighted by molar-refractivity contribution is 5.96. The molecule has 116 valence electrons. The summed E-state index contributed by atoms with van der Waals surface area (Å²) in [6.07, 6.45) is 2.79. The van der Waals surface area contributed by atoms with Crippen LogP contribution in [0.4, 0.5) is 5.69 Å². The Labute approximate surface area is 126 Å². The minimum atomic E-state index is -0.290. The van der Waals surface area contributed by atoms with E-state index in [0.29, 0.717) is 11.5 Å². The maximum Gasteiger partial charge on any atom is 0.231 e. The zero-order valence-electron chi connectivity index (χ0n) is 13.0. The fourth-order valence-corrected chi connectivity index (χ4v) is 2.92. The lowest BCUT2D eigenvalue weighted by molar-refractivity contribution is -0.125. The second kappa shape index (κ2) is 6.80. The van der Waals surface area contributed by atoms with Gasteiger partial charge in [-0.15, -0.1) is 0 Å². The molecule has 1 aliphatic rings. The number of benzene rings is 1. The molecule has 1 fully saturated rings. The van der Waals surface area contributed by atoms with Gasteiger partial charge in [-0.3, -0.25) is 4.79 Å². The number of carbonyl (C=O) groups is 1. The van der Waals surface area contributed by atoms with Crippen molar-refractivity contribution in [2.75, 3.05) is 32.6 Å². The fraction of sp³-hybridized carbons (Fsp3) is 0.562. The van der Waals surface area contributed by atoms with Crippen LogP contribution in [0.15, 0.2) is 18.2 Å². The lowest BCUT2D eigenvalue weighted by Crippen LogP contribution is -2.38. The van der Waals surface area contributed by atoms with Gasteiger partial charge in [0, 0.05) is 18.3 Å². The van der Waals surface area contributed by atoms with Crippen molar-refractivity contribution in [3.8, 4) is 11.5 Å². The van der Waals surface area contributed by atoms with Gasteiger partial charge in [-0.05, 0) is 31.5 Å². The average Bonchev–Trinajstić information content (AvgIpc) is 2.97. The number of carbonyl (C=O) groups excluding carboxylic acids is 1. The Kier molecular flexibility index (Phi) is 5.07. The normalized spacial score (nSPS) is 21.1. The van der Waals surface area contributed by atoms with Gasteiger partial charge in [-0.2, -0.15) is 0 Å². The Morgan fingerprint density at radius 3 is 2.67 bits per heavy atom. The Hall–Kier alpha value is -1.75. The summed E-state index contributed by atoms with van der Waals surface area (Å²) in [5.74, 6) is 1.35. The fourth-order valence-electron chi connectivity index (χ4n) is 2.92. The van der Waals surface area contributed by atoms with E-state index in [1.807, 2.05) is 6.07 Å². The second-order valence-electron chi connectivity index (χ2n) is 5.48. The van der Waals surface area contributed by atoms with Crippen molar-refractivity contribution in [3.05, 3.63) is 18.2 Å². The number of hydrogen-bond acceptors (Lipinski definition) is 4. The summed E-state index contributed by atoms with van der Waals surface area (Å²) in [4.78, 5) is 12.7. The molecule has 5 nitrogen and oxygen atoms in total. The zero-order valence-corrected chi connectivity index (χ0v) is 13.0. The third-order valence-corrected chi connectivity index (χ3v) is 4.10. The highest BCUT2D eigenvalue weighted by Gasteiger charge is 2.40. The van der Waals surface area contributed by atoms with Crippen LogP contribution in [-0.4, -0.2) is 33.2 Å². The summed E-state index contributed by atoms with van der Waals surface area (Å²) >= 11 is 0. The first-order valence-electron chi connectivity index (χ1n) is 7.39. The van der Waals surface area contributed by atoms with Gasteiger partial charge in [0.2, 0.25) is 5.91 Å². The van der Waals surface area contributed by atoms with Crippen LogP contribution in [0, 0.1) is 5.41 Å². The number of anilines is 1. The molecule has 5 heteroatoms. The molecule has 0 bridgehead atoms. The number of nitrogens with one attached hydrogen (secondary N) is 2. The number of amides is 1. The van der Waals surface area contributed by atoms with Crippen molar-refractivity contribution in [3.63, 3.8) is 0 Å². The Morgan fingerprint density at radius 1 is 1.33 bits per heavy atom. The van der Waals surface area contributed by atoms with E-state index in [0.717, 1.165) is 38.0 Å². The van der Waals surface area contributed by atoms with Crippen LogP contribution in [0.1, 0.15) is 26.2 Å². The summed E-state index contributed by atoms with van der Waals surface area (Å²) in [6, 6.07) is 5.42. The van der Waals surface area contributed by atoms with Crippen LogP contribution in [-0.2, 0) is 4.79 Å². The maximum atomic E-state index is 12.7. The monoisotopic (exact) mass is 292 g/mol. The molecule has 1 saturated heterocycles. The molecule has 21 heavy (non-hydrogen) atoms. The molecule has 1 aromatic carbocycles. The highest BCUT2D eigenvalue weighted by atomic mass is 16.5. The maximum absolute atomic E-state index is 12.7. The minimum Gasteiger partial charge on any atom is -0.493 e. The van der Waals surface area contributed by atoms with E-state index >= 15 is 0 Å². The molecule has 1 heterocycles. The van der Waals surface area contributed by atoms with E-state index in [2.05, 4.69) is 17.6 Å². The minimum absolute atomic E-state index is 0.0848. The first-order chi connectivity index (χ1) is 10.1. The van der Waals surface area contributed by atoms with E-state index in [1.54, 1.807) is 26.4 Å². The molecular weight excluding hydrogens is 268 g/mol. The van der Waals surface area contributed by atoms with Crippen molar-refractivity contribution < 1.29 is 14.3 Å². The number of methoxy groups -OCH3 is 2. The predicted molar refractivity (Wildman–Crippen MR) is 83.0 cm³/mol. The van der Waals surface area contributed by atoms with Gasteiger partial charge in [0.25, 0.3) is 0 Å². The van der Waals surface area contributed by atoms with Crippen molar-refractivity contribution in [2.45, 2.75) is 26.2 Å². The van der Waals surface area contributed by atoms with Gasteiger partial charge in [0.15, 0.2) is 11.5 Å². The Morgan fingerprint density at radius 2 is 2.10 bits per heavy atom. The van der Waals surface area contributed by atoms with E-state index in [9.17, 15) is 4.79 Å². The number of hydrogen-bond donors (Lipinski definition) is 2. The number of rotatable bonds is 6. The quantitative estimate of drug-likeness (QED) is 0.845. The molecule has 1 aromatic rings. The van der Waals surface area contributed by atoms with E-state index < -0.39 is 0 Å². The summed E-state index contributed by atoms with van der Waals surface area (Å²) in [6.45, 7) is 3.77. The molecule has 2 N–H and O–H groups in total. The lowest BCUT2D eigenvalue weighted by atomic mass is 9.81. The van der Waals surface area contributed by atoms with E-state index in [4.69, 9.17) is 9.47 Å². The molecule has 1 atom stereocenters. The van der Waals surface area contributed by atoms with Crippen LogP contribution in [0.25, 0.3) is 0 Å². The van der Waals surface area contributed by atoms with Gasteiger partial charge in [-0.1, -0.05) is 13.3 Å². The van der Waals surface area contributed by atoms with Gasteiger partial charge in [0.1, 0.15) is 0 Å². The lowest BCUT2D eigenvalue weighted by Gasteiger charge is -2.26. The van der Waals surface area contributed by atoms with Crippen molar-refractivity contribution in [1.29, 1.82) is 0 Å². The Balaban J connectivity index is 2.15. The standard InChI is InChI=1S/C16H24N2O3/c1-4-7-16(8-9-17-11-16)15(19)18-12-5-6-13(20-2)14(10-12)21-3/h5-6,10,17H,4,7-9,11H2,1-3H3,(H,18,19). The summed E-state index contributed by atoms with van der Waals surface area (Å²) < 4.78 is 10.5. The van der Waals surface area contributed by atoms with Crippen LogP contribution in [0.5, 0.6) is 11.5 Å². The van der Waals surface area contributed by atoms with Gasteiger partial charge in [0.05, 0.1) is 19.6 Å². The van der Waals surface area contributed by atoms with Crippen LogP contribution < -0.4 is 20.1 Å². The third kappa shape index (κ3) is 3.29. The highest BCUT2D eigenvalue weighted by Crippen LogP contribution is 2.34. The van der Waals surface area contributed by atoms with E-state index in [1.165, 1.54) is 0 Å². The average molecular weight is 292 g/mol. The molecule has 1 aliphatic heterocycles. The SMILES string of the molecule is CCCC1(C(=O)Nc2ccc(OC)c(OC)c2)CCNC1. The molecule has 0 aromatic heterocycles. The van der Waals surface area contributed by atoms with Crippen molar-refractivity contribution >= 4 is 11.6 Å². The van der Waals surface area contributed by atoms with E-state index in [-0.39, 0.29) is 11.3 Å². The van der Waals surface area contributed by atoms with Crippen LogP contribution >= 0.6 is 0 Å². The van der Waals surface area contributed by atoms with Gasteiger partial charge >= 0.3 is 0 Å². The van der Waals surface area contributed by atoms with Crippen molar-refractivity contribution in [2.24, 2.45) is 5.41 Å². The molecule has 2 rings (SSSR count). The predicted octanol–water partition coefficient (Wildman–Crippen LogP) is 2.42. The van der Waals surface area contributed by atoms with Crippen LogP contribution in [0.2, 0.25) is 0 Å². The van der Waals surface area contributed by atoms with Crippen LogP contribution in [0.3, 0.4) is 0 Å². The molecule has 0 radical (unpaired) electrons. The first kappa shape index (κ1) is 15.6. The molecular formula is C16H24N2O3. The summed E-state index contributed by atoms with van der Waals surface area (Å²) in [5.41, 5.74) is 0.446. The third-order valence-electron chi connectivity index (χ3n) is 4.10. The molecule has 1 unspecified atom stereocenters. The molecule has 0 saturated carbocycles. The summed E-state index contributed by atoms with van der Waals surface area (Å²) in [7, 11) is 3.18. The largest absolute Gasteiger partial charge is 0.493 e. The molecule has 1 amide bonds. The van der Waals surface area contributed by atoms with Gasteiger partial charge in [-0.25, -0.2) is 0 Å². The first-order valence-corrected chi connectivity index (χ1v) is 7.39. The molecule has 0 aliphatic carbocycles. The van der Waals surface area contributed by atoms with Crippen molar-refractivity contribution in [1.82, 2.24) is 5.32 Å². The summed E-state index contributed by atoms with van der Waals surface area (Å²) in [5, 5.41) is 6.32. The second-order valence-corrected chi connectivity index (χ2v) is 5.48. The smallest absolute Gasteiger partial charge is 0.231 e. The van der Waals surface area contributed by atoms with Gasteiger partial charge < -0.3 is 20.1 Å². The Bertz CT molecular complexity index is 496. The topological polar surface area (TPSA) is 59.6 Å². The zero-order chi connectivity index (χ0) is 15.3. The molecule has 0 spiro atoms.